The lowest BCUT2D eigenvalue weighted by molar-refractivity contribution is 1.15. The van der Waals surface area contributed by atoms with E-state index >= 15 is 0 Å². The minimum atomic E-state index is 0.914. The summed E-state index contributed by atoms with van der Waals surface area (Å²) in [7, 11) is 0. The predicted octanol–water partition coefficient (Wildman–Crippen LogP) is 10.1. The highest BCUT2D eigenvalue weighted by atomic mass is 32.1. The van der Waals surface area contributed by atoms with Crippen molar-refractivity contribution in [2.24, 2.45) is 0 Å². The zero-order chi connectivity index (χ0) is 26.8. The topological polar surface area (TPSA) is 9.86 Å². The molecule has 0 aliphatic heterocycles. The van der Waals surface area contributed by atoms with Crippen LogP contribution in [0, 0.1) is 0 Å². The molecular formula is C36H24N2S2. The molecule has 2 aromatic heterocycles. The van der Waals surface area contributed by atoms with Crippen molar-refractivity contribution in [3.05, 3.63) is 133 Å². The first-order valence-electron chi connectivity index (χ1n) is 13.3. The van der Waals surface area contributed by atoms with Crippen LogP contribution in [-0.4, -0.2) is 9.13 Å². The summed E-state index contributed by atoms with van der Waals surface area (Å²) in [5.41, 5.74) is 9.10. The standard InChI is InChI=1S/C36H24N2S2/c39-27-19-23(17-25(21-27)37-33-13-5-1-9-29(33)30-10-2-6-14-34(30)37)24-18-26(22-28(40)20-24)38-35-15-7-3-11-31(35)32-12-4-8-16-36(32)38/h1-22,39-40H. The van der Waals surface area contributed by atoms with Gasteiger partial charge in [0, 0.05) is 42.7 Å². The van der Waals surface area contributed by atoms with Gasteiger partial charge < -0.3 is 9.13 Å². The van der Waals surface area contributed by atoms with Crippen LogP contribution >= 0.6 is 25.3 Å². The third-order valence-corrected chi connectivity index (χ3v) is 8.33. The van der Waals surface area contributed by atoms with Gasteiger partial charge in [0.25, 0.3) is 0 Å². The molecule has 0 saturated heterocycles. The molecule has 0 saturated carbocycles. The third kappa shape index (κ3) is 3.60. The quantitative estimate of drug-likeness (QED) is 0.203. The van der Waals surface area contributed by atoms with Crippen LogP contribution in [0.5, 0.6) is 0 Å². The van der Waals surface area contributed by atoms with Crippen LogP contribution in [0.15, 0.2) is 143 Å². The fourth-order valence-corrected chi connectivity index (χ4v) is 6.73. The second kappa shape index (κ2) is 9.09. The number of hydrogen-bond donors (Lipinski definition) is 2. The van der Waals surface area contributed by atoms with Crippen LogP contribution < -0.4 is 0 Å². The molecule has 0 N–H and O–H groups in total. The molecule has 0 unspecified atom stereocenters. The summed E-state index contributed by atoms with van der Waals surface area (Å²) in [6.45, 7) is 0. The number of fused-ring (bicyclic) bond motifs is 6. The Morgan fingerprint density at radius 2 is 0.650 bits per heavy atom. The molecule has 0 aliphatic rings. The molecule has 0 aliphatic carbocycles. The lowest BCUT2D eigenvalue weighted by Gasteiger charge is -2.14. The second-order valence-corrected chi connectivity index (χ2v) is 11.2. The van der Waals surface area contributed by atoms with Gasteiger partial charge in [-0.05, 0) is 71.8 Å². The van der Waals surface area contributed by atoms with E-state index in [0.29, 0.717) is 0 Å². The summed E-state index contributed by atoms with van der Waals surface area (Å²) < 4.78 is 4.68. The summed E-state index contributed by atoms with van der Waals surface area (Å²) in [4.78, 5) is 1.83. The number of nitrogens with zero attached hydrogens (tertiary/aromatic N) is 2. The molecule has 0 radical (unpaired) electrons. The van der Waals surface area contributed by atoms with Crippen molar-refractivity contribution in [1.82, 2.24) is 9.13 Å². The number of thiol groups is 2. The summed E-state index contributed by atoms with van der Waals surface area (Å²) in [5, 5.41) is 4.98. The molecule has 190 valence electrons. The zero-order valence-electron chi connectivity index (χ0n) is 21.5. The summed E-state index contributed by atoms with van der Waals surface area (Å²) >= 11 is 9.73. The molecule has 0 amide bonds. The normalized spacial score (nSPS) is 11.8. The summed E-state index contributed by atoms with van der Waals surface area (Å²) in [6, 6.07) is 47.5. The van der Waals surface area contributed by atoms with E-state index in [1.165, 1.54) is 43.6 Å². The van der Waals surface area contributed by atoms with E-state index in [1.807, 2.05) is 0 Å². The zero-order valence-corrected chi connectivity index (χ0v) is 23.3. The molecule has 0 fully saturated rings. The number of rotatable bonds is 3. The second-order valence-electron chi connectivity index (χ2n) is 10.2. The Morgan fingerprint density at radius 1 is 0.350 bits per heavy atom. The van der Waals surface area contributed by atoms with E-state index in [9.17, 15) is 0 Å². The monoisotopic (exact) mass is 548 g/mol. The first-order chi connectivity index (χ1) is 19.7. The van der Waals surface area contributed by atoms with Crippen LogP contribution in [0.3, 0.4) is 0 Å². The maximum atomic E-state index is 4.86. The predicted molar refractivity (Wildman–Crippen MR) is 175 cm³/mol. The van der Waals surface area contributed by atoms with E-state index in [4.69, 9.17) is 25.3 Å². The Kier molecular flexibility index (Phi) is 5.34. The molecule has 0 atom stereocenters. The molecule has 2 heterocycles. The molecule has 6 aromatic carbocycles. The van der Waals surface area contributed by atoms with E-state index in [-0.39, 0.29) is 0 Å². The Bertz CT molecular complexity index is 1990. The van der Waals surface area contributed by atoms with Crippen molar-refractivity contribution < 1.29 is 0 Å². The van der Waals surface area contributed by atoms with Gasteiger partial charge >= 0.3 is 0 Å². The number of hydrogen-bond acceptors (Lipinski definition) is 2. The van der Waals surface area contributed by atoms with Gasteiger partial charge in [-0.3, -0.25) is 0 Å². The van der Waals surface area contributed by atoms with Crippen molar-refractivity contribution in [2.45, 2.75) is 9.79 Å². The van der Waals surface area contributed by atoms with Crippen LogP contribution in [-0.2, 0) is 0 Å². The first kappa shape index (κ1) is 23.5. The van der Waals surface area contributed by atoms with Gasteiger partial charge in [-0.1, -0.05) is 72.8 Å². The van der Waals surface area contributed by atoms with Crippen molar-refractivity contribution >= 4 is 68.9 Å². The minimum Gasteiger partial charge on any atom is -0.309 e. The Morgan fingerprint density at radius 3 is 0.975 bits per heavy atom. The molecule has 4 heteroatoms. The Hall–Kier alpha value is -4.38. The van der Waals surface area contributed by atoms with Crippen LogP contribution in [0.2, 0.25) is 0 Å². The minimum absolute atomic E-state index is 0.914. The van der Waals surface area contributed by atoms with Crippen LogP contribution in [0.4, 0.5) is 0 Å². The fraction of sp³-hybridized carbons (Fsp3) is 0. The lowest BCUT2D eigenvalue weighted by Crippen LogP contribution is -1.97. The van der Waals surface area contributed by atoms with Gasteiger partial charge in [0.05, 0.1) is 22.1 Å². The van der Waals surface area contributed by atoms with Crippen molar-refractivity contribution in [3.63, 3.8) is 0 Å². The number of aromatic nitrogens is 2. The highest BCUT2D eigenvalue weighted by Gasteiger charge is 2.15. The molecule has 2 nitrogen and oxygen atoms in total. The largest absolute Gasteiger partial charge is 0.309 e. The van der Waals surface area contributed by atoms with Crippen LogP contribution in [0.25, 0.3) is 66.1 Å². The maximum Gasteiger partial charge on any atom is 0.0541 e. The van der Waals surface area contributed by atoms with E-state index < -0.39 is 0 Å². The van der Waals surface area contributed by atoms with Gasteiger partial charge in [0.1, 0.15) is 0 Å². The highest BCUT2D eigenvalue weighted by Crippen LogP contribution is 2.37. The van der Waals surface area contributed by atoms with Gasteiger partial charge in [0.2, 0.25) is 0 Å². The molecule has 40 heavy (non-hydrogen) atoms. The molecule has 0 bridgehead atoms. The van der Waals surface area contributed by atoms with Gasteiger partial charge in [-0.15, -0.1) is 25.3 Å². The van der Waals surface area contributed by atoms with Gasteiger partial charge in [0.15, 0.2) is 0 Å². The first-order valence-corrected chi connectivity index (χ1v) is 14.2. The van der Waals surface area contributed by atoms with Gasteiger partial charge in [-0.2, -0.15) is 0 Å². The van der Waals surface area contributed by atoms with Crippen molar-refractivity contribution in [1.29, 1.82) is 0 Å². The SMILES string of the molecule is Sc1cc(-c2cc(S)cc(-n3c4ccccc4c4ccccc43)c2)cc(-n2c3ccccc3c3ccccc32)c1. The average molecular weight is 549 g/mol. The van der Waals surface area contributed by atoms with Crippen molar-refractivity contribution in [2.75, 3.05) is 0 Å². The van der Waals surface area contributed by atoms with E-state index in [0.717, 1.165) is 32.3 Å². The van der Waals surface area contributed by atoms with E-state index in [2.05, 4.69) is 143 Å². The molecule has 8 aromatic rings. The number of benzene rings is 6. The van der Waals surface area contributed by atoms with E-state index in [1.54, 1.807) is 0 Å². The maximum absolute atomic E-state index is 4.86. The molecule has 0 spiro atoms. The molecular weight excluding hydrogens is 525 g/mol. The smallest absolute Gasteiger partial charge is 0.0541 e. The van der Waals surface area contributed by atoms with Crippen LogP contribution in [0.1, 0.15) is 0 Å². The lowest BCUT2D eigenvalue weighted by atomic mass is 10.0. The average Bonchev–Trinajstić information content (AvgIpc) is 3.50. The van der Waals surface area contributed by atoms with Crippen molar-refractivity contribution in [3.8, 4) is 22.5 Å². The Balaban J connectivity index is 1.36. The highest BCUT2D eigenvalue weighted by molar-refractivity contribution is 7.80. The summed E-state index contributed by atoms with van der Waals surface area (Å²) in [5.74, 6) is 0. The Labute approximate surface area is 242 Å². The third-order valence-electron chi connectivity index (χ3n) is 7.81. The molecule has 8 rings (SSSR count). The summed E-state index contributed by atoms with van der Waals surface area (Å²) in [6.07, 6.45) is 0. The van der Waals surface area contributed by atoms with Gasteiger partial charge in [-0.25, -0.2) is 0 Å². The fourth-order valence-electron chi connectivity index (χ4n) is 6.18. The number of para-hydroxylation sites is 4.